The predicted molar refractivity (Wildman–Crippen MR) is 82.2 cm³/mol. The largest absolute Gasteiger partial charge is 0.375 e. The minimum Gasteiger partial charge on any atom is -0.375 e. The van der Waals surface area contributed by atoms with E-state index in [1.54, 1.807) is 4.90 Å². The number of carbonyl (C=O) groups is 2. The van der Waals surface area contributed by atoms with Gasteiger partial charge in [-0.25, -0.2) is 0 Å². The monoisotopic (exact) mass is 289 g/mol. The molecule has 114 valence electrons. The number of hydrogen-bond acceptors (Lipinski definition) is 3. The van der Waals surface area contributed by atoms with Crippen molar-refractivity contribution >= 4 is 17.4 Å². The summed E-state index contributed by atoms with van der Waals surface area (Å²) in [5.74, 6) is -0.101. The Morgan fingerprint density at radius 3 is 2.62 bits per heavy atom. The SMILES string of the molecule is CC(=O)C[C@]1(O)C(=O)N(CCC(C)C)c2ccc(C)cc21. The van der Waals surface area contributed by atoms with Crippen LogP contribution in [0.3, 0.4) is 0 Å². The Hall–Kier alpha value is -1.68. The Bertz CT molecular complexity index is 579. The van der Waals surface area contributed by atoms with Crippen LogP contribution in [0.2, 0.25) is 0 Å². The topological polar surface area (TPSA) is 57.6 Å². The van der Waals surface area contributed by atoms with E-state index in [0.29, 0.717) is 18.0 Å². The molecule has 0 bridgehead atoms. The van der Waals surface area contributed by atoms with Crippen LogP contribution in [0.1, 0.15) is 44.7 Å². The van der Waals surface area contributed by atoms with Gasteiger partial charge in [-0.05, 0) is 32.3 Å². The molecule has 0 radical (unpaired) electrons. The molecule has 2 rings (SSSR count). The molecular formula is C17H23NO3. The number of aliphatic hydroxyl groups is 1. The third kappa shape index (κ3) is 2.86. The summed E-state index contributed by atoms with van der Waals surface area (Å²) < 4.78 is 0. The number of amides is 1. The number of ketones is 1. The van der Waals surface area contributed by atoms with Gasteiger partial charge in [-0.3, -0.25) is 9.59 Å². The second-order valence-corrected chi connectivity index (χ2v) is 6.40. The van der Waals surface area contributed by atoms with Crippen LogP contribution in [0.4, 0.5) is 5.69 Å². The lowest BCUT2D eigenvalue weighted by Gasteiger charge is -2.22. The highest BCUT2D eigenvalue weighted by Crippen LogP contribution is 2.43. The van der Waals surface area contributed by atoms with Crippen molar-refractivity contribution in [2.75, 3.05) is 11.4 Å². The summed E-state index contributed by atoms with van der Waals surface area (Å²) in [7, 11) is 0. The molecule has 0 aromatic heterocycles. The molecule has 1 atom stereocenters. The van der Waals surface area contributed by atoms with Gasteiger partial charge in [0.25, 0.3) is 5.91 Å². The van der Waals surface area contributed by atoms with Gasteiger partial charge in [0.15, 0.2) is 5.60 Å². The predicted octanol–water partition coefficient (Wildman–Crippen LogP) is 2.55. The summed E-state index contributed by atoms with van der Waals surface area (Å²) in [5.41, 5.74) is 0.556. The highest BCUT2D eigenvalue weighted by atomic mass is 16.3. The van der Waals surface area contributed by atoms with Crippen LogP contribution in [0.15, 0.2) is 18.2 Å². The number of Topliss-reactive ketones (excluding diaryl/α,β-unsaturated/α-hetero) is 1. The maximum atomic E-state index is 12.7. The average Bonchev–Trinajstić information content (AvgIpc) is 2.56. The molecule has 1 aliphatic heterocycles. The Morgan fingerprint density at radius 1 is 1.38 bits per heavy atom. The zero-order valence-corrected chi connectivity index (χ0v) is 13.1. The number of hydrogen-bond donors (Lipinski definition) is 1. The minimum atomic E-state index is -1.70. The van der Waals surface area contributed by atoms with Gasteiger partial charge >= 0.3 is 0 Å². The first-order chi connectivity index (χ1) is 9.75. The van der Waals surface area contributed by atoms with E-state index in [2.05, 4.69) is 13.8 Å². The molecule has 0 spiro atoms. The van der Waals surface area contributed by atoms with Crippen molar-refractivity contribution in [2.24, 2.45) is 5.92 Å². The summed E-state index contributed by atoms with van der Waals surface area (Å²) in [6, 6.07) is 5.60. The molecule has 1 aliphatic rings. The van der Waals surface area contributed by atoms with E-state index in [0.717, 1.165) is 17.7 Å². The van der Waals surface area contributed by atoms with Gasteiger partial charge in [-0.15, -0.1) is 0 Å². The Labute approximate surface area is 125 Å². The van der Waals surface area contributed by atoms with Crippen molar-refractivity contribution in [1.82, 2.24) is 0 Å². The van der Waals surface area contributed by atoms with E-state index in [1.807, 2.05) is 25.1 Å². The Kier molecular flexibility index (Phi) is 4.19. The van der Waals surface area contributed by atoms with Gasteiger partial charge in [0.1, 0.15) is 5.78 Å². The minimum absolute atomic E-state index is 0.166. The fourth-order valence-corrected chi connectivity index (χ4v) is 2.80. The van der Waals surface area contributed by atoms with Crippen LogP contribution in [-0.2, 0) is 15.2 Å². The maximum absolute atomic E-state index is 12.7. The second kappa shape index (κ2) is 5.60. The average molecular weight is 289 g/mol. The zero-order valence-electron chi connectivity index (χ0n) is 13.1. The van der Waals surface area contributed by atoms with Gasteiger partial charge in [-0.2, -0.15) is 0 Å². The summed E-state index contributed by atoms with van der Waals surface area (Å²) in [6.45, 7) is 8.07. The molecule has 0 aliphatic carbocycles. The lowest BCUT2D eigenvalue weighted by molar-refractivity contribution is -0.141. The third-order valence-electron chi connectivity index (χ3n) is 3.92. The molecular weight excluding hydrogens is 266 g/mol. The molecule has 1 aromatic carbocycles. The van der Waals surface area contributed by atoms with Gasteiger partial charge < -0.3 is 10.0 Å². The molecule has 0 unspecified atom stereocenters. The molecule has 1 aromatic rings. The maximum Gasteiger partial charge on any atom is 0.264 e. The first-order valence-corrected chi connectivity index (χ1v) is 7.40. The van der Waals surface area contributed by atoms with Gasteiger partial charge in [0, 0.05) is 18.5 Å². The van der Waals surface area contributed by atoms with Crippen LogP contribution in [0.5, 0.6) is 0 Å². The van der Waals surface area contributed by atoms with Crippen molar-refractivity contribution in [2.45, 2.75) is 46.1 Å². The van der Waals surface area contributed by atoms with Crippen molar-refractivity contribution in [1.29, 1.82) is 0 Å². The smallest absolute Gasteiger partial charge is 0.264 e. The van der Waals surface area contributed by atoms with E-state index in [9.17, 15) is 14.7 Å². The molecule has 0 fully saturated rings. The summed E-state index contributed by atoms with van der Waals surface area (Å²) in [4.78, 5) is 25.8. The van der Waals surface area contributed by atoms with Crippen molar-refractivity contribution < 1.29 is 14.7 Å². The zero-order chi connectivity index (χ0) is 15.8. The van der Waals surface area contributed by atoms with Crippen LogP contribution in [-0.4, -0.2) is 23.3 Å². The molecule has 21 heavy (non-hydrogen) atoms. The lowest BCUT2D eigenvalue weighted by Crippen LogP contribution is -2.42. The number of rotatable bonds is 5. The van der Waals surface area contributed by atoms with Crippen LogP contribution < -0.4 is 4.90 Å². The Morgan fingerprint density at radius 2 is 2.05 bits per heavy atom. The first kappa shape index (κ1) is 15.7. The first-order valence-electron chi connectivity index (χ1n) is 7.40. The molecule has 1 heterocycles. The number of fused-ring (bicyclic) bond motifs is 1. The second-order valence-electron chi connectivity index (χ2n) is 6.40. The quantitative estimate of drug-likeness (QED) is 0.906. The highest BCUT2D eigenvalue weighted by Gasteiger charge is 2.50. The lowest BCUT2D eigenvalue weighted by atomic mass is 9.89. The highest BCUT2D eigenvalue weighted by molar-refractivity contribution is 6.08. The van der Waals surface area contributed by atoms with E-state index in [1.165, 1.54) is 6.92 Å². The molecule has 0 saturated heterocycles. The number of anilines is 1. The van der Waals surface area contributed by atoms with Crippen molar-refractivity contribution in [3.05, 3.63) is 29.3 Å². The third-order valence-corrected chi connectivity index (χ3v) is 3.92. The summed E-state index contributed by atoms with van der Waals surface area (Å²) >= 11 is 0. The number of benzene rings is 1. The van der Waals surface area contributed by atoms with Crippen molar-refractivity contribution in [3.63, 3.8) is 0 Å². The fourth-order valence-electron chi connectivity index (χ4n) is 2.80. The number of nitrogens with zero attached hydrogens (tertiary/aromatic N) is 1. The van der Waals surface area contributed by atoms with E-state index in [-0.39, 0.29) is 18.1 Å². The van der Waals surface area contributed by atoms with E-state index < -0.39 is 5.60 Å². The van der Waals surface area contributed by atoms with Crippen molar-refractivity contribution in [3.8, 4) is 0 Å². The normalized spacial score (nSPS) is 21.0. The van der Waals surface area contributed by atoms with Crippen LogP contribution in [0.25, 0.3) is 0 Å². The number of aryl methyl sites for hydroxylation is 1. The Balaban J connectivity index is 2.45. The van der Waals surface area contributed by atoms with Gasteiger partial charge in [-0.1, -0.05) is 31.5 Å². The fraction of sp³-hybridized carbons (Fsp3) is 0.529. The summed E-state index contributed by atoms with van der Waals surface area (Å²) in [6.07, 6.45) is 0.690. The van der Waals surface area contributed by atoms with Gasteiger partial charge in [0.05, 0.1) is 5.69 Å². The molecule has 1 N–H and O–H groups in total. The van der Waals surface area contributed by atoms with Gasteiger partial charge in [0.2, 0.25) is 0 Å². The van der Waals surface area contributed by atoms with E-state index >= 15 is 0 Å². The molecule has 1 amide bonds. The summed E-state index contributed by atoms with van der Waals surface area (Å²) in [5, 5.41) is 10.8. The van der Waals surface area contributed by atoms with Crippen LogP contribution in [0, 0.1) is 12.8 Å². The molecule has 4 heteroatoms. The van der Waals surface area contributed by atoms with E-state index in [4.69, 9.17) is 0 Å². The number of carbonyl (C=O) groups excluding carboxylic acids is 2. The molecule has 4 nitrogen and oxygen atoms in total. The van der Waals surface area contributed by atoms with Crippen LogP contribution >= 0.6 is 0 Å². The molecule has 0 saturated carbocycles. The standard InChI is InChI=1S/C17H23NO3/c1-11(2)7-8-18-15-6-5-12(3)9-14(15)17(21,16(18)20)10-13(4)19/h5-6,9,11,21H,7-8,10H2,1-4H3/t17-/m1/s1.